The van der Waals surface area contributed by atoms with Gasteiger partial charge in [-0.25, -0.2) is 0 Å². The van der Waals surface area contributed by atoms with Crippen molar-refractivity contribution in [1.82, 2.24) is 0 Å². The largest absolute Gasteiger partial charge is 0.456 e. The van der Waals surface area contributed by atoms with E-state index in [4.69, 9.17) is 8.83 Å². The van der Waals surface area contributed by atoms with Crippen LogP contribution in [0, 0.1) is 0 Å². The summed E-state index contributed by atoms with van der Waals surface area (Å²) in [7, 11) is 0. The minimum atomic E-state index is -0.110. The zero-order valence-electron chi connectivity index (χ0n) is 25.5. The fourth-order valence-electron chi connectivity index (χ4n) is 7.87. The van der Waals surface area contributed by atoms with Gasteiger partial charge in [0, 0.05) is 50.0 Å². The number of hydrogen-bond donors (Lipinski definition) is 0. The molecule has 0 amide bonds. The van der Waals surface area contributed by atoms with Crippen LogP contribution < -0.4 is 4.90 Å². The van der Waals surface area contributed by atoms with Crippen molar-refractivity contribution in [3.8, 4) is 11.1 Å². The molecule has 1 aliphatic carbocycles. The first-order chi connectivity index (χ1) is 22.6. The van der Waals surface area contributed by atoms with Crippen molar-refractivity contribution in [3.05, 3.63) is 151 Å². The number of furan rings is 2. The summed E-state index contributed by atoms with van der Waals surface area (Å²) in [5.41, 5.74) is 12.0. The minimum Gasteiger partial charge on any atom is -0.456 e. The van der Waals surface area contributed by atoms with Crippen LogP contribution in [0.5, 0.6) is 0 Å². The first-order valence-corrected chi connectivity index (χ1v) is 15.9. The van der Waals surface area contributed by atoms with Crippen LogP contribution in [0.25, 0.3) is 65.8 Å². The molecule has 46 heavy (non-hydrogen) atoms. The van der Waals surface area contributed by atoms with Gasteiger partial charge in [0.25, 0.3) is 0 Å². The van der Waals surface area contributed by atoms with Gasteiger partial charge in [0.05, 0.1) is 5.69 Å². The number of rotatable bonds is 3. The lowest BCUT2D eigenvalue weighted by atomic mass is 9.82. The van der Waals surface area contributed by atoms with Crippen LogP contribution >= 0.6 is 0 Å². The number of benzene rings is 7. The maximum atomic E-state index is 6.42. The highest BCUT2D eigenvalue weighted by molar-refractivity contribution is 6.19. The molecule has 3 heteroatoms. The second kappa shape index (κ2) is 9.12. The molecule has 0 spiro atoms. The second-order valence-electron chi connectivity index (χ2n) is 12.9. The summed E-state index contributed by atoms with van der Waals surface area (Å²) in [6, 6.07) is 49.9. The van der Waals surface area contributed by atoms with Crippen LogP contribution in [0.3, 0.4) is 0 Å². The fourth-order valence-corrected chi connectivity index (χ4v) is 7.87. The van der Waals surface area contributed by atoms with Gasteiger partial charge in [-0.2, -0.15) is 0 Å². The molecule has 9 aromatic rings. The van der Waals surface area contributed by atoms with Gasteiger partial charge in [0.1, 0.15) is 22.3 Å². The van der Waals surface area contributed by atoms with Crippen molar-refractivity contribution in [3.63, 3.8) is 0 Å². The zero-order valence-corrected chi connectivity index (χ0v) is 25.5. The highest BCUT2D eigenvalue weighted by atomic mass is 16.3. The molecule has 1 aliphatic rings. The number of nitrogens with zero attached hydrogens (tertiary/aromatic N) is 1. The number of para-hydroxylation sites is 2. The molecule has 2 aromatic heterocycles. The van der Waals surface area contributed by atoms with Crippen LogP contribution in [0.2, 0.25) is 0 Å². The van der Waals surface area contributed by atoms with Gasteiger partial charge in [-0.3, -0.25) is 0 Å². The van der Waals surface area contributed by atoms with Crippen LogP contribution in [0.1, 0.15) is 25.0 Å². The Morgan fingerprint density at radius 3 is 2.02 bits per heavy atom. The summed E-state index contributed by atoms with van der Waals surface area (Å²) in [4.78, 5) is 2.41. The Kier molecular flexibility index (Phi) is 5.06. The van der Waals surface area contributed by atoms with E-state index in [1.54, 1.807) is 0 Å². The molecular formula is C43H29NO2. The summed E-state index contributed by atoms with van der Waals surface area (Å²) in [6.07, 6.45) is 0. The molecule has 0 unspecified atom stereocenters. The Hall–Kier alpha value is -5.80. The third-order valence-electron chi connectivity index (χ3n) is 10.0. The zero-order chi connectivity index (χ0) is 30.6. The molecule has 218 valence electrons. The predicted octanol–water partition coefficient (Wildman–Crippen LogP) is 12.4. The summed E-state index contributed by atoms with van der Waals surface area (Å²) in [5.74, 6) is 0. The van der Waals surface area contributed by atoms with Gasteiger partial charge < -0.3 is 13.7 Å². The normalized spacial score (nSPS) is 13.6. The molecule has 0 N–H and O–H groups in total. The SMILES string of the molecule is CC1(C)c2ccccc2-c2c(N(c3ccc4c(c3)oc3ccccc34)c3ccc4ccc5oc6ccccc6c5c4c3)cccc21. The molecule has 0 radical (unpaired) electrons. The lowest BCUT2D eigenvalue weighted by molar-refractivity contribution is 0.660. The third-order valence-corrected chi connectivity index (χ3v) is 10.0. The van der Waals surface area contributed by atoms with Crippen molar-refractivity contribution in [2.24, 2.45) is 0 Å². The maximum absolute atomic E-state index is 6.42. The van der Waals surface area contributed by atoms with Crippen LogP contribution in [0.4, 0.5) is 17.1 Å². The monoisotopic (exact) mass is 591 g/mol. The first kappa shape index (κ1) is 25.5. The Bertz CT molecular complexity index is 2690. The van der Waals surface area contributed by atoms with Crippen LogP contribution in [-0.2, 0) is 5.41 Å². The molecule has 3 nitrogen and oxygen atoms in total. The smallest absolute Gasteiger partial charge is 0.137 e. The molecule has 0 saturated heterocycles. The quantitative estimate of drug-likeness (QED) is 0.205. The van der Waals surface area contributed by atoms with Gasteiger partial charge in [-0.05, 0) is 76.0 Å². The van der Waals surface area contributed by atoms with E-state index in [1.807, 2.05) is 24.3 Å². The van der Waals surface area contributed by atoms with Crippen molar-refractivity contribution < 1.29 is 8.83 Å². The average Bonchev–Trinajstić information content (AvgIpc) is 3.73. The third kappa shape index (κ3) is 3.43. The molecule has 0 fully saturated rings. The molecule has 2 heterocycles. The summed E-state index contributed by atoms with van der Waals surface area (Å²) in [6.45, 7) is 4.67. The summed E-state index contributed by atoms with van der Waals surface area (Å²) in [5, 5.41) is 6.88. The number of hydrogen-bond acceptors (Lipinski definition) is 3. The van der Waals surface area contributed by atoms with E-state index in [1.165, 1.54) is 33.0 Å². The van der Waals surface area contributed by atoms with E-state index < -0.39 is 0 Å². The summed E-state index contributed by atoms with van der Waals surface area (Å²) >= 11 is 0. The second-order valence-corrected chi connectivity index (χ2v) is 12.9. The highest BCUT2D eigenvalue weighted by Crippen LogP contribution is 2.54. The molecular weight excluding hydrogens is 562 g/mol. The van der Waals surface area contributed by atoms with Crippen LogP contribution in [-0.4, -0.2) is 0 Å². The molecule has 0 bridgehead atoms. The Morgan fingerprint density at radius 2 is 1.13 bits per heavy atom. The Labute approximate surface area is 265 Å². The van der Waals surface area contributed by atoms with Crippen molar-refractivity contribution in [2.45, 2.75) is 19.3 Å². The molecule has 10 rings (SSSR count). The van der Waals surface area contributed by atoms with E-state index in [0.717, 1.165) is 60.9 Å². The standard InChI is InChI=1S/C43H29NO2/c1-43(2)34-13-6-3-11-31(34)42-35(43)14-9-15-36(42)44(28-21-22-30-29-10-4-7-16-37(29)46-40(30)25-28)27-20-18-26-19-23-39-41(33(26)24-27)32-12-5-8-17-38(32)45-39/h3-25H,1-2H3. The first-order valence-electron chi connectivity index (χ1n) is 15.9. The van der Waals surface area contributed by atoms with E-state index >= 15 is 0 Å². The lowest BCUT2D eigenvalue weighted by Gasteiger charge is -2.29. The maximum Gasteiger partial charge on any atom is 0.137 e. The van der Waals surface area contributed by atoms with Crippen molar-refractivity contribution in [1.29, 1.82) is 0 Å². The van der Waals surface area contributed by atoms with Gasteiger partial charge in [0.15, 0.2) is 0 Å². The Balaban J connectivity index is 1.29. The number of anilines is 3. The van der Waals surface area contributed by atoms with E-state index in [-0.39, 0.29) is 5.41 Å². The molecule has 0 atom stereocenters. The van der Waals surface area contributed by atoms with Gasteiger partial charge in [-0.15, -0.1) is 0 Å². The van der Waals surface area contributed by atoms with E-state index in [9.17, 15) is 0 Å². The van der Waals surface area contributed by atoms with E-state index in [0.29, 0.717) is 0 Å². The van der Waals surface area contributed by atoms with Crippen molar-refractivity contribution in [2.75, 3.05) is 4.90 Å². The molecule has 0 saturated carbocycles. The predicted molar refractivity (Wildman–Crippen MR) is 191 cm³/mol. The average molecular weight is 592 g/mol. The van der Waals surface area contributed by atoms with Gasteiger partial charge >= 0.3 is 0 Å². The fraction of sp³-hybridized carbons (Fsp3) is 0.0698. The summed E-state index contributed by atoms with van der Waals surface area (Å²) < 4.78 is 12.7. The topological polar surface area (TPSA) is 29.5 Å². The molecule has 7 aromatic carbocycles. The van der Waals surface area contributed by atoms with E-state index in [2.05, 4.69) is 134 Å². The van der Waals surface area contributed by atoms with Gasteiger partial charge in [0.2, 0.25) is 0 Å². The lowest BCUT2D eigenvalue weighted by Crippen LogP contribution is -2.16. The number of fused-ring (bicyclic) bond motifs is 11. The minimum absolute atomic E-state index is 0.110. The van der Waals surface area contributed by atoms with Gasteiger partial charge in [-0.1, -0.05) is 98.8 Å². The molecule has 0 aliphatic heterocycles. The van der Waals surface area contributed by atoms with Crippen molar-refractivity contribution >= 4 is 71.7 Å². The van der Waals surface area contributed by atoms with Crippen LogP contribution in [0.15, 0.2) is 148 Å². The highest BCUT2D eigenvalue weighted by Gasteiger charge is 2.37. The Morgan fingerprint density at radius 1 is 0.478 bits per heavy atom.